The fourth-order valence-electron chi connectivity index (χ4n) is 3.38. The van der Waals surface area contributed by atoms with E-state index >= 15 is 0 Å². The van der Waals surface area contributed by atoms with Crippen LogP contribution in [0.4, 0.5) is 5.82 Å². The Morgan fingerprint density at radius 1 is 1.12 bits per heavy atom. The van der Waals surface area contributed by atoms with Crippen molar-refractivity contribution in [3.8, 4) is 11.3 Å². The summed E-state index contributed by atoms with van der Waals surface area (Å²) in [5.74, 6) is 0.934. The van der Waals surface area contributed by atoms with Crippen LogP contribution in [0.1, 0.15) is 15.4 Å². The van der Waals surface area contributed by atoms with E-state index in [-0.39, 0.29) is 0 Å². The van der Waals surface area contributed by atoms with E-state index in [0.717, 1.165) is 55.4 Å². The largest absolute Gasteiger partial charge is 0.352 e. The van der Waals surface area contributed by atoms with Gasteiger partial charge in [-0.05, 0) is 39.0 Å². The first-order chi connectivity index (χ1) is 12.1. The van der Waals surface area contributed by atoms with E-state index in [4.69, 9.17) is 10.1 Å². The van der Waals surface area contributed by atoms with Crippen LogP contribution in [-0.4, -0.2) is 52.1 Å². The highest BCUT2D eigenvalue weighted by molar-refractivity contribution is 7.12. The van der Waals surface area contributed by atoms with Crippen molar-refractivity contribution in [1.82, 2.24) is 19.5 Å². The quantitative estimate of drug-likeness (QED) is 0.678. The Balaban J connectivity index is 1.71. The molecule has 3 aromatic heterocycles. The van der Waals surface area contributed by atoms with Crippen LogP contribution in [0.2, 0.25) is 0 Å². The van der Waals surface area contributed by atoms with Gasteiger partial charge in [-0.1, -0.05) is 0 Å². The van der Waals surface area contributed by atoms with Gasteiger partial charge in [0.1, 0.15) is 5.82 Å². The molecule has 6 nitrogen and oxygen atoms in total. The highest BCUT2D eigenvalue weighted by atomic mass is 32.1. The number of hydrogen-bond acceptors (Lipinski definition) is 5. The topological polar surface area (TPSA) is 53.7 Å². The number of hydrogen-bond donors (Lipinski definition) is 0. The molecular formula is C18H21N5OS. The van der Waals surface area contributed by atoms with Crippen LogP contribution in [0, 0.1) is 20.8 Å². The Morgan fingerprint density at radius 2 is 1.88 bits per heavy atom. The van der Waals surface area contributed by atoms with Crippen LogP contribution in [0.3, 0.4) is 0 Å². The van der Waals surface area contributed by atoms with Gasteiger partial charge in [0, 0.05) is 41.5 Å². The molecule has 130 valence electrons. The maximum absolute atomic E-state index is 10.9. The number of thiophene rings is 1. The van der Waals surface area contributed by atoms with E-state index < -0.39 is 0 Å². The Bertz CT molecular complexity index is 936. The van der Waals surface area contributed by atoms with Gasteiger partial charge in [0.2, 0.25) is 6.41 Å². The van der Waals surface area contributed by atoms with Gasteiger partial charge in [-0.2, -0.15) is 0 Å². The lowest BCUT2D eigenvalue weighted by molar-refractivity contribution is -0.118. The first-order valence-electron chi connectivity index (χ1n) is 8.45. The van der Waals surface area contributed by atoms with Crippen LogP contribution in [-0.2, 0) is 4.79 Å². The lowest BCUT2D eigenvalue weighted by Crippen LogP contribution is -2.46. The standard InChI is InChI=1S/C18H21N5OS/c1-12-10-15(14(3)25-12)18-13(2)23-16(19-18)4-5-17(20-23)22-8-6-21(11-24)7-9-22/h4-5,10-11H,6-9H2,1-3H3. The minimum absolute atomic E-state index is 0.741. The van der Waals surface area contributed by atoms with Crippen molar-refractivity contribution in [3.63, 3.8) is 0 Å². The maximum atomic E-state index is 10.9. The van der Waals surface area contributed by atoms with Gasteiger partial charge in [-0.25, -0.2) is 9.50 Å². The van der Waals surface area contributed by atoms with Gasteiger partial charge in [-0.15, -0.1) is 16.4 Å². The van der Waals surface area contributed by atoms with Crippen LogP contribution in [0.5, 0.6) is 0 Å². The van der Waals surface area contributed by atoms with Crippen molar-refractivity contribution in [3.05, 3.63) is 33.6 Å². The first kappa shape index (κ1) is 16.1. The lowest BCUT2D eigenvalue weighted by atomic mass is 10.1. The van der Waals surface area contributed by atoms with Gasteiger partial charge < -0.3 is 9.80 Å². The third-order valence-electron chi connectivity index (χ3n) is 4.77. The van der Waals surface area contributed by atoms with E-state index in [1.165, 1.54) is 15.3 Å². The number of piperazine rings is 1. The average molecular weight is 355 g/mol. The van der Waals surface area contributed by atoms with Crippen molar-refractivity contribution in [1.29, 1.82) is 0 Å². The Kier molecular flexibility index (Phi) is 3.95. The third kappa shape index (κ3) is 2.78. The summed E-state index contributed by atoms with van der Waals surface area (Å²) >= 11 is 1.80. The van der Waals surface area contributed by atoms with Crippen LogP contribution in [0.25, 0.3) is 16.9 Å². The van der Waals surface area contributed by atoms with Gasteiger partial charge in [0.25, 0.3) is 0 Å². The number of aromatic nitrogens is 3. The van der Waals surface area contributed by atoms with Gasteiger partial charge >= 0.3 is 0 Å². The molecule has 0 spiro atoms. The second-order valence-electron chi connectivity index (χ2n) is 6.46. The van der Waals surface area contributed by atoms with E-state index in [2.05, 4.69) is 31.7 Å². The molecule has 4 heterocycles. The monoisotopic (exact) mass is 355 g/mol. The lowest BCUT2D eigenvalue weighted by Gasteiger charge is -2.33. The molecule has 1 aliphatic rings. The molecule has 3 aromatic rings. The van der Waals surface area contributed by atoms with Gasteiger partial charge in [0.05, 0.1) is 11.4 Å². The number of amides is 1. The Hall–Kier alpha value is -2.41. The van der Waals surface area contributed by atoms with Gasteiger partial charge in [-0.3, -0.25) is 4.79 Å². The molecule has 25 heavy (non-hydrogen) atoms. The SMILES string of the molecule is Cc1cc(-c2nc3ccc(N4CCN(C=O)CC4)nn3c2C)c(C)s1. The summed E-state index contributed by atoms with van der Waals surface area (Å²) in [6.07, 6.45) is 0.922. The summed E-state index contributed by atoms with van der Waals surface area (Å²) in [6, 6.07) is 6.25. The number of anilines is 1. The second-order valence-corrected chi connectivity index (χ2v) is 7.92. The summed E-state index contributed by atoms with van der Waals surface area (Å²) in [6.45, 7) is 9.43. The molecule has 1 saturated heterocycles. The predicted molar refractivity (Wildman–Crippen MR) is 100 cm³/mol. The molecule has 0 bridgehead atoms. The Morgan fingerprint density at radius 3 is 2.52 bits per heavy atom. The number of carbonyl (C=O) groups excluding carboxylic acids is 1. The molecule has 0 saturated carbocycles. The second kappa shape index (κ2) is 6.15. The highest BCUT2D eigenvalue weighted by Crippen LogP contribution is 2.32. The molecule has 1 amide bonds. The van der Waals surface area contributed by atoms with Crippen LogP contribution >= 0.6 is 11.3 Å². The zero-order valence-corrected chi connectivity index (χ0v) is 15.5. The maximum Gasteiger partial charge on any atom is 0.209 e. The van der Waals surface area contributed by atoms with Crippen molar-refractivity contribution < 1.29 is 4.79 Å². The Labute approximate surface area is 150 Å². The fraction of sp³-hybridized carbons (Fsp3) is 0.389. The molecule has 0 aliphatic carbocycles. The van der Waals surface area contributed by atoms with E-state index in [1.54, 1.807) is 16.2 Å². The normalized spacial score (nSPS) is 15.2. The zero-order valence-electron chi connectivity index (χ0n) is 14.7. The first-order valence-corrected chi connectivity index (χ1v) is 9.26. The molecule has 0 unspecified atom stereocenters. The summed E-state index contributed by atoms with van der Waals surface area (Å²) in [5, 5.41) is 4.81. The van der Waals surface area contributed by atoms with Crippen molar-refractivity contribution >= 4 is 29.2 Å². The molecule has 7 heteroatoms. The van der Waals surface area contributed by atoms with Crippen LogP contribution < -0.4 is 4.90 Å². The number of rotatable bonds is 3. The molecule has 1 fully saturated rings. The molecule has 0 N–H and O–H groups in total. The molecule has 4 rings (SSSR count). The van der Waals surface area contributed by atoms with Crippen molar-refractivity contribution in [2.75, 3.05) is 31.1 Å². The number of nitrogens with zero attached hydrogens (tertiary/aromatic N) is 5. The molecular weight excluding hydrogens is 334 g/mol. The van der Waals surface area contributed by atoms with Crippen molar-refractivity contribution in [2.45, 2.75) is 20.8 Å². The third-order valence-corrected chi connectivity index (χ3v) is 5.74. The summed E-state index contributed by atoms with van der Waals surface area (Å²) < 4.78 is 1.93. The molecule has 0 radical (unpaired) electrons. The summed E-state index contributed by atoms with van der Waals surface area (Å²) in [4.78, 5) is 22.3. The van der Waals surface area contributed by atoms with E-state index in [1.807, 2.05) is 16.6 Å². The fourth-order valence-corrected chi connectivity index (χ4v) is 4.31. The average Bonchev–Trinajstić information content (AvgIpc) is 3.13. The van der Waals surface area contributed by atoms with Gasteiger partial charge in [0.15, 0.2) is 5.65 Å². The summed E-state index contributed by atoms with van der Waals surface area (Å²) in [7, 11) is 0. The van der Waals surface area contributed by atoms with Crippen LogP contribution in [0.15, 0.2) is 18.2 Å². The predicted octanol–water partition coefficient (Wildman–Crippen LogP) is 2.66. The van der Waals surface area contributed by atoms with E-state index in [9.17, 15) is 4.79 Å². The molecule has 0 atom stereocenters. The number of aryl methyl sites for hydroxylation is 3. The zero-order chi connectivity index (χ0) is 17.6. The smallest absolute Gasteiger partial charge is 0.209 e. The minimum Gasteiger partial charge on any atom is -0.352 e. The summed E-state index contributed by atoms with van der Waals surface area (Å²) in [5.41, 5.74) is 4.14. The number of imidazole rings is 1. The minimum atomic E-state index is 0.741. The molecule has 0 aromatic carbocycles. The number of fused-ring (bicyclic) bond motifs is 1. The van der Waals surface area contributed by atoms with Crippen molar-refractivity contribution in [2.24, 2.45) is 0 Å². The highest BCUT2D eigenvalue weighted by Gasteiger charge is 2.19. The molecule has 1 aliphatic heterocycles. The van der Waals surface area contributed by atoms with E-state index in [0.29, 0.717) is 0 Å². The number of carbonyl (C=O) groups is 1.